The van der Waals surface area contributed by atoms with Gasteiger partial charge in [-0.1, -0.05) is 38.8 Å². The molecule has 0 saturated carbocycles. The maximum atomic E-state index is 12.6. The first-order chi connectivity index (χ1) is 13.4. The minimum Gasteiger partial charge on any atom is -0.383 e. The third-order valence-corrected chi connectivity index (χ3v) is 4.79. The van der Waals surface area contributed by atoms with Crippen LogP contribution in [0.1, 0.15) is 45.1 Å². The zero-order valence-corrected chi connectivity index (χ0v) is 17.6. The Hall–Kier alpha value is -2.61. The summed E-state index contributed by atoms with van der Waals surface area (Å²) in [4.78, 5) is 28.9. The summed E-state index contributed by atoms with van der Waals surface area (Å²) in [7, 11) is 0. The molecule has 0 amide bonds. The SMILES string of the molecule is CCCCN(C(=S)Nc1cccc(C)c1)c1c(N)n(CCCC)c(=O)[nH]c1=O. The van der Waals surface area contributed by atoms with E-state index in [2.05, 4.69) is 17.2 Å². The van der Waals surface area contributed by atoms with E-state index in [4.69, 9.17) is 18.0 Å². The molecule has 0 atom stereocenters. The lowest BCUT2D eigenvalue weighted by Crippen LogP contribution is -2.43. The number of unbranched alkanes of at least 4 members (excludes halogenated alkanes) is 2. The zero-order chi connectivity index (χ0) is 20.7. The number of aryl methyl sites for hydroxylation is 1. The van der Waals surface area contributed by atoms with Crippen LogP contribution in [0.3, 0.4) is 0 Å². The minimum atomic E-state index is -0.528. The van der Waals surface area contributed by atoms with Gasteiger partial charge in [-0.25, -0.2) is 4.79 Å². The van der Waals surface area contributed by atoms with Crippen molar-refractivity contribution in [3.8, 4) is 0 Å². The molecule has 0 saturated heterocycles. The summed E-state index contributed by atoms with van der Waals surface area (Å²) in [5, 5.41) is 3.56. The predicted octanol–water partition coefficient (Wildman–Crippen LogP) is 3.23. The Morgan fingerprint density at radius 2 is 1.96 bits per heavy atom. The number of aromatic amines is 1. The molecule has 8 heteroatoms. The summed E-state index contributed by atoms with van der Waals surface area (Å²) < 4.78 is 1.41. The van der Waals surface area contributed by atoms with Crippen LogP contribution in [0.5, 0.6) is 0 Å². The monoisotopic (exact) mass is 403 g/mol. The van der Waals surface area contributed by atoms with E-state index in [0.717, 1.165) is 36.9 Å². The van der Waals surface area contributed by atoms with Crippen molar-refractivity contribution in [3.05, 3.63) is 50.7 Å². The fourth-order valence-electron chi connectivity index (χ4n) is 2.92. The third kappa shape index (κ3) is 5.22. The summed E-state index contributed by atoms with van der Waals surface area (Å²) in [5.74, 6) is 0.145. The van der Waals surface area contributed by atoms with Gasteiger partial charge in [-0.05, 0) is 49.7 Å². The third-order valence-electron chi connectivity index (χ3n) is 4.47. The van der Waals surface area contributed by atoms with E-state index >= 15 is 0 Å². The van der Waals surface area contributed by atoms with Crippen LogP contribution in [0, 0.1) is 6.92 Å². The van der Waals surface area contributed by atoms with Gasteiger partial charge in [-0.2, -0.15) is 0 Å². The highest BCUT2D eigenvalue weighted by molar-refractivity contribution is 7.80. The first-order valence-corrected chi connectivity index (χ1v) is 10.1. The number of nitrogens with two attached hydrogens (primary N) is 1. The molecule has 1 heterocycles. The number of thiocarbonyl (C=S) groups is 1. The largest absolute Gasteiger partial charge is 0.383 e. The number of hydrogen-bond acceptors (Lipinski definition) is 4. The average molecular weight is 404 g/mol. The lowest BCUT2D eigenvalue weighted by molar-refractivity contribution is 0.604. The van der Waals surface area contributed by atoms with Crippen LogP contribution in [0.15, 0.2) is 33.9 Å². The molecule has 0 aliphatic carbocycles. The second kappa shape index (κ2) is 10.1. The number of H-pyrrole nitrogens is 1. The standard InChI is InChI=1S/C20H29N5O2S/c1-4-6-11-24(20(28)22-15-10-8-9-14(3)13-15)16-17(21)25(12-7-5-2)19(27)23-18(16)26/h8-10,13H,4-7,11-12,21H2,1-3H3,(H,22,28)(H,23,26,27). The van der Waals surface area contributed by atoms with Crippen molar-refractivity contribution in [1.82, 2.24) is 9.55 Å². The quantitative estimate of drug-likeness (QED) is 0.586. The molecule has 4 N–H and O–H groups in total. The van der Waals surface area contributed by atoms with Crippen LogP contribution >= 0.6 is 12.2 Å². The van der Waals surface area contributed by atoms with Crippen molar-refractivity contribution in [3.63, 3.8) is 0 Å². The maximum Gasteiger partial charge on any atom is 0.330 e. The summed E-state index contributed by atoms with van der Waals surface area (Å²) in [6.07, 6.45) is 3.45. The van der Waals surface area contributed by atoms with Crippen molar-refractivity contribution in [2.75, 3.05) is 22.5 Å². The fraction of sp³-hybridized carbons (Fsp3) is 0.450. The second-order valence-electron chi connectivity index (χ2n) is 6.80. The fourth-order valence-corrected chi connectivity index (χ4v) is 3.22. The van der Waals surface area contributed by atoms with E-state index in [1.807, 2.05) is 38.1 Å². The van der Waals surface area contributed by atoms with Gasteiger partial charge in [0, 0.05) is 18.8 Å². The van der Waals surface area contributed by atoms with Crippen LogP contribution in [-0.4, -0.2) is 21.2 Å². The number of anilines is 3. The Morgan fingerprint density at radius 3 is 2.61 bits per heavy atom. The first-order valence-electron chi connectivity index (χ1n) is 9.66. The molecule has 0 unspecified atom stereocenters. The van der Waals surface area contributed by atoms with Gasteiger partial charge in [0.1, 0.15) is 5.82 Å². The van der Waals surface area contributed by atoms with Gasteiger partial charge in [0.05, 0.1) is 0 Å². The van der Waals surface area contributed by atoms with Crippen LogP contribution in [0.4, 0.5) is 17.2 Å². The Kier molecular flexibility index (Phi) is 7.80. The van der Waals surface area contributed by atoms with Gasteiger partial charge < -0.3 is 16.0 Å². The van der Waals surface area contributed by atoms with Gasteiger partial charge in [0.25, 0.3) is 5.56 Å². The molecule has 0 bridgehead atoms. The smallest absolute Gasteiger partial charge is 0.330 e. The van der Waals surface area contributed by atoms with E-state index in [9.17, 15) is 9.59 Å². The number of aromatic nitrogens is 2. The van der Waals surface area contributed by atoms with E-state index in [-0.39, 0.29) is 11.5 Å². The highest BCUT2D eigenvalue weighted by Gasteiger charge is 2.21. The van der Waals surface area contributed by atoms with Gasteiger partial charge in [0.15, 0.2) is 10.8 Å². The molecule has 1 aromatic heterocycles. The molecule has 2 rings (SSSR count). The van der Waals surface area contributed by atoms with Gasteiger partial charge in [-0.15, -0.1) is 0 Å². The summed E-state index contributed by atoms with van der Waals surface area (Å²) >= 11 is 5.60. The molecule has 0 aliphatic rings. The molecule has 152 valence electrons. The van der Waals surface area contributed by atoms with E-state index in [0.29, 0.717) is 18.2 Å². The number of rotatable bonds is 8. The highest BCUT2D eigenvalue weighted by atomic mass is 32.1. The van der Waals surface area contributed by atoms with E-state index < -0.39 is 11.2 Å². The average Bonchev–Trinajstić information content (AvgIpc) is 2.64. The topological polar surface area (TPSA) is 96.2 Å². The lowest BCUT2D eigenvalue weighted by atomic mass is 10.2. The van der Waals surface area contributed by atoms with Crippen LogP contribution < -0.4 is 27.2 Å². The Balaban J connectivity index is 2.45. The molecule has 2 aromatic rings. The zero-order valence-electron chi connectivity index (χ0n) is 16.7. The number of nitrogen functional groups attached to an aromatic ring is 1. The molecule has 0 aliphatic heterocycles. The summed E-state index contributed by atoms with van der Waals surface area (Å²) in [5.41, 5.74) is 7.39. The molecule has 0 radical (unpaired) electrons. The van der Waals surface area contributed by atoms with Crippen LogP contribution in [-0.2, 0) is 6.54 Å². The van der Waals surface area contributed by atoms with Gasteiger partial charge in [-0.3, -0.25) is 14.3 Å². The lowest BCUT2D eigenvalue weighted by Gasteiger charge is -2.27. The molecule has 28 heavy (non-hydrogen) atoms. The molecule has 7 nitrogen and oxygen atoms in total. The minimum absolute atomic E-state index is 0.145. The molecule has 1 aromatic carbocycles. The number of nitrogens with zero attached hydrogens (tertiary/aromatic N) is 2. The van der Waals surface area contributed by atoms with Crippen LogP contribution in [0.25, 0.3) is 0 Å². The Labute approximate surface area is 170 Å². The summed E-state index contributed by atoms with van der Waals surface area (Å²) in [6, 6.07) is 7.81. The van der Waals surface area contributed by atoms with Crippen LogP contribution in [0.2, 0.25) is 0 Å². The highest BCUT2D eigenvalue weighted by Crippen LogP contribution is 2.20. The van der Waals surface area contributed by atoms with Crippen molar-refractivity contribution in [1.29, 1.82) is 0 Å². The number of hydrogen-bond donors (Lipinski definition) is 3. The molecular formula is C20H29N5O2S. The Morgan fingerprint density at radius 1 is 1.25 bits per heavy atom. The summed E-state index contributed by atoms with van der Waals surface area (Å²) in [6.45, 7) is 7.06. The number of benzene rings is 1. The Bertz CT molecular complexity index is 935. The second-order valence-corrected chi connectivity index (χ2v) is 7.19. The van der Waals surface area contributed by atoms with Crippen molar-refractivity contribution >= 4 is 34.5 Å². The maximum absolute atomic E-state index is 12.6. The van der Waals surface area contributed by atoms with Crippen molar-refractivity contribution in [2.45, 2.75) is 53.0 Å². The van der Waals surface area contributed by atoms with E-state index in [1.165, 1.54) is 4.57 Å². The molecular weight excluding hydrogens is 374 g/mol. The molecule has 0 spiro atoms. The van der Waals surface area contributed by atoms with Gasteiger partial charge in [0.2, 0.25) is 0 Å². The predicted molar refractivity (Wildman–Crippen MR) is 120 cm³/mol. The van der Waals surface area contributed by atoms with Crippen molar-refractivity contribution in [2.24, 2.45) is 0 Å². The normalized spacial score (nSPS) is 10.7. The van der Waals surface area contributed by atoms with Crippen molar-refractivity contribution < 1.29 is 0 Å². The van der Waals surface area contributed by atoms with Gasteiger partial charge >= 0.3 is 5.69 Å². The number of nitrogens with one attached hydrogen (secondary N) is 2. The van der Waals surface area contributed by atoms with E-state index in [1.54, 1.807) is 4.90 Å². The first kappa shape index (κ1) is 21.7. The molecule has 0 fully saturated rings.